The zero-order chi connectivity index (χ0) is 29.0. The van der Waals surface area contributed by atoms with Crippen LogP contribution in [0.3, 0.4) is 0 Å². The molecule has 0 fully saturated rings. The van der Waals surface area contributed by atoms with E-state index in [1.165, 1.54) is 0 Å². The number of carboxylic acid groups (broad SMARTS) is 2. The van der Waals surface area contributed by atoms with Gasteiger partial charge in [-0.3, -0.25) is 23.7 Å². The lowest BCUT2D eigenvalue weighted by molar-refractivity contribution is -0.416. The maximum atomic E-state index is 12.5. The molecule has 0 aliphatic carbocycles. The second-order valence-corrected chi connectivity index (χ2v) is 9.63. The Morgan fingerprint density at radius 3 is 1.94 bits per heavy atom. The molecule has 5 atom stereocenters. The van der Waals surface area contributed by atoms with Crippen LogP contribution in [0.4, 0.5) is 13.2 Å². The summed E-state index contributed by atoms with van der Waals surface area (Å²) < 4.78 is 62.0. The topological polar surface area (TPSA) is 261 Å². The molecule has 0 saturated heterocycles. The van der Waals surface area contributed by atoms with Crippen molar-refractivity contribution in [2.45, 2.75) is 62.7 Å². The van der Waals surface area contributed by atoms with Crippen LogP contribution in [0.1, 0.15) is 33.1 Å². The van der Waals surface area contributed by atoms with Gasteiger partial charge in [0.2, 0.25) is 17.7 Å². The highest BCUT2D eigenvalue weighted by atomic mass is 32.2. The highest BCUT2D eigenvalue weighted by Gasteiger charge is 2.34. The van der Waals surface area contributed by atoms with Gasteiger partial charge in [0.15, 0.2) is 0 Å². The molecule has 0 aliphatic heterocycles. The number of carboxylic acids is 2. The fourth-order valence-electron chi connectivity index (χ4n) is 2.27. The second kappa shape index (κ2) is 15.5. The summed E-state index contributed by atoms with van der Waals surface area (Å²) in [5.74, 6) is -7.88. The Morgan fingerprint density at radius 1 is 1.14 bits per heavy atom. The molecule has 0 spiro atoms. The number of amides is 3. The molecular weight excluding hydrogens is 541 g/mol. The molecule has 210 valence electrons. The van der Waals surface area contributed by atoms with Crippen LogP contribution in [0.15, 0.2) is 0 Å². The Balaban J connectivity index is 0. The lowest BCUT2D eigenvalue weighted by atomic mass is 9.97. The minimum absolute atomic E-state index is 0.136. The average molecular weight is 571 g/mol. The number of primary amides is 1. The third-order valence-electron chi connectivity index (χ3n) is 4.53. The largest absolute Gasteiger partial charge is 0.542 e. The molecule has 0 radical (unpaired) electrons. The van der Waals surface area contributed by atoms with Crippen LogP contribution in [0.25, 0.3) is 0 Å². The fraction of sp³-hybridized carbons (Fsp3) is 0.706. The number of aliphatic carboxylic acids is 2. The van der Waals surface area contributed by atoms with E-state index in [4.69, 9.17) is 25.3 Å². The molecular formula is C17H29F3N4O10S2. The predicted octanol–water partition coefficient (Wildman–Crippen LogP) is -3.55. The van der Waals surface area contributed by atoms with Crippen LogP contribution >= 0.6 is 12.6 Å². The van der Waals surface area contributed by atoms with Crippen molar-refractivity contribution in [3.05, 3.63) is 0 Å². The first-order chi connectivity index (χ1) is 16.1. The normalized spacial score (nSPS) is 15.7. The number of carbonyl (C=O) groups is 5. The van der Waals surface area contributed by atoms with Crippen LogP contribution in [0, 0.1) is 5.92 Å². The molecule has 0 aromatic heterocycles. The van der Waals surface area contributed by atoms with Crippen LogP contribution in [-0.2, 0) is 34.1 Å². The third kappa shape index (κ3) is 15.4. The zero-order valence-electron chi connectivity index (χ0n) is 19.1. The van der Waals surface area contributed by atoms with Crippen molar-refractivity contribution in [2.24, 2.45) is 11.7 Å². The number of nitrogens with one attached hydrogen (secondary N) is 2. The highest BCUT2D eigenvalue weighted by Crippen LogP contribution is 2.12. The molecule has 19 heteroatoms. The van der Waals surface area contributed by atoms with Gasteiger partial charge in [0.05, 0.1) is 12.2 Å². The number of hydrogen-bond donors (Lipinski definition) is 7. The van der Waals surface area contributed by atoms with E-state index >= 15 is 0 Å². The first kappa shape index (κ1) is 35.5. The Hall–Kier alpha value is -2.64. The number of quaternary nitrogens is 1. The summed E-state index contributed by atoms with van der Waals surface area (Å²) in [6, 6.07) is -3.36. The van der Waals surface area contributed by atoms with Crippen molar-refractivity contribution < 1.29 is 66.1 Å². The summed E-state index contributed by atoms with van der Waals surface area (Å²) in [5.41, 5.74) is 8.75. The lowest BCUT2D eigenvalue weighted by Gasteiger charge is -2.27. The van der Waals surface area contributed by atoms with Crippen molar-refractivity contribution in [3.63, 3.8) is 0 Å². The first-order valence-electron chi connectivity index (χ1n) is 10.00. The van der Waals surface area contributed by atoms with Gasteiger partial charge in [-0.25, -0.2) is 0 Å². The monoisotopic (exact) mass is 570 g/mol. The Kier molecular flexibility index (Phi) is 15.3. The number of alkyl halides is 3. The summed E-state index contributed by atoms with van der Waals surface area (Å²) in [7, 11) is -4.23. The Labute approximate surface area is 209 Å². The minimum atomic E-state index is -5.19. The van der Waals surface area contributed by atoms with Crippen LogP contribution in [-0.4, -0.2) is 83.0 Å². The maximum Gasteiger partial charge on any atom is 0.430 e. The summed E-state index contributed by atoms with van der Waals surface area (Å²) in [6.07, 6.45) is -5.58. The summed E-state index contributed by atoms with van der Waals surface area (Å²) in [4.78, 5) is 56.0. The van der Waals surface area contributed by atoms with Gasteiger partial charge in [0.25, 0.3) is 10.1 Å². The van der Waals surface area contributed by atoms with Crippen molar-refractivity contribution in [1.82, 2.24) is 10.6 Å². The van der Waals surface area contributed by atoms with E-state index in [0.29, 0.717) is 6.42 Å². The number of thiol groups is 1. The summed E-state index contributed by atoms with van der Waals surface area (Å²) >= 11 is 4.10. The van der Waals surface area contributed by atoms with Gasteiger partial charge in [-0.15, -0.1) is 0 Å². The van der Waals surface area contributed by atoms with E-state index in [9.17, 15) is 40.8 Å². The van der Waals surface area contributed by atoms with E-state index in [1.54, 1.807) is 13.8 Å². The molecule has 0 aliphatic rings. The zero-order valence-corrected chi connectivity index (χ0v) is 20.9. The van der Waals surface area contributed by atoms with Crippen LogP contribution in [0.2, 0.25) is 0 Å². The van der Waals surface area contributed by atoms with E-state index < -0.39 is 81.5 Å². The van der Waals surface area contributed by atoms with Gasteiger partial charge in [-0.1, -0.05) is 20.3 Å². The van der Waals surface area contributed by atoms with Crippen molar-refractivity contribution >= 4 is 52.4 Å². The predicted molar refractivity (Wildman–Crippen MR) is 116 cm³/mol. The maximum absolute atomic E-state index is 12.5. The first-order valence-corrected chi connectivity index (χ1v) is 12.1. The Bertz CT molecular complexity index is 902. The Morgan fingerprint density at radius 2 is 1.61 bits per heavy atom. The van der Waals surface area contributed by atoms with Crippen molar-refractivity contribution in [3.8, 4) is 0 Å². The van der Waals surface area contributed by atoms with Gasteiger partial charge in [-0.2, -0.15) is 34.2 Å². The summed E-state index contributed by atoms with van der Waals surface area (Å²) in [6.45, 7) is 3.42. The molecule has 3 amide bonds. The molecule has 36 heavy (non-hydrogen) atoms. The quantitative estimate of drug-likeness (QED) is 0.0846. The molecule has 0 unspecified atom stereocenters. The third-order valence-corrected chi connectivity index (χ3v) is 5.93. The number of nitrogens with two attached hydrogens (primary N) is 1. The molecule has 0 bridgehead atoms. The van der Waals surface area contributed by atoms with Gasteiger partial charge in [0.1, 0.15) is 29.3 Å². The average Bonchev–Trinajstić information content (AvgIpc) is 2.72. The van der Waals surface area contributed by atoms with Crippen LogP contribution < -0.4 is 27.2 Å². The smallest absolute Gasteiger partial charge is 0.430 e. The molecule has 0 rings (SSSR count). The van der Waals surface area contributed by atoms with E-state index in [-0.39, 0.29) is 12.3 Å². The molecule has 0 aromatic rings. The van der Waals surface area contributed by atoms with Gasteiger partial charge < -0.3 is 37.1 Å². The molecule has 14 nitrogen and oxygen atoms in total. The van der Waals surface area contributed by atoms with Crippen molar-refractivity contribution in [2.75, 3.05) is 5.75 Å². The van der Waals surface area contributed by atoms with Gasteiger partial charge >= 0.3 is 12.1 Å². The number of carbonyl (C=O) groups excluding carboxylic acids is 4. The number of rotatable bonds is 13. The van der Waals surface area contributed by atoms with E-state index in [2.05, 4.69) is 29.0 Å². The lowest BCUT2D eigenvalue weighted by Crippen LogP contribution is -2.69. The molecule has 0 heterocycles. The van der Waals surface area contributed by atoms with Crippen molar-refractivity contribution in [1.29, 1.82) is 0 Å². The number of hydrogen-bond acceptors (Lipinski definition) is 9. The molecule has 0 saturated carbocycles. The standard InChI is InChI=1S/C15H28N4O8S2.C2HF3O2/c1-3-7(2)11(14(23)18-9(13(17)22)6-10(20)21)19-15(24)12(28)8(16)4-5-29(25,26)27;3-2(4,5)1(6)7/h7-9,11-12,28H,3-6,16H2,1-2H3,(H2,17,22)(H,18,23)(H,19,24)(H,20,21)(H,25,26,27);(H,6,7)/t7-,8+,9-,11-,12+;/m0./s1. The minimum Gasteiger partial charge on any atom is -0.542 e. The number of halogens is 3. The second-order valence-electron chi connectivity index (χ2n) is 7.50. The van der Waals surface area contributed by atoms with Crippen LogP contribution in [0.5, 0.6) is 0 Å². The van der Waals surface area contributed by atoms with E-state index in [0.717, 1.165) is 0 Å². The molecule has 0 aromatic carbocycles. The molecule has 9 N–H and O–H groups in total. The highest BCUT2D eigenvalue weighted by molar-refractivity contribution is 7.85. The van der Waals surface area contributed by atoms with E-state index in [1.807, 2.05) is 0 Å². The summed E-state index contributed by atoms with van der Waals surface area (Å²) in [5, 5.41) is 21.2. The fourth-order valence-corrected chi connectivity index (χ4v) is 3.10. The van der Waals surface area contributed by atoms with Gasteiger partial charge in [0, 0.05) is 6.42 Å². The SMILES string of the molecule is CC[C@H](C)[C@H](NC(=O)[C@H](S)[C@H]([NH3+])CCS(=O)(=O)O)C(=O)N[C@@H](CC(=O)O)C(N)=O.O=C([O-])C(F)(F)F. The van der Waals surface area contributed by atoms with Gasteiger partial charge in [-0.05, 0) is 5.92 Å².